The van der Waals surface area contributed by atoms with Crippen LogP contribution in [0.4, 0.5) is 0 Å². The van der Waals surface area contributed by atoms with Crippen LogP contribution in [0.15, 0.2) is 156 Å². The van der Waals surface area contributed by atoms with Gasteiger partial charge in [0.25, 0.3) is 0 Å². The maximum atomic E-state index is 6.23. The van der Waals surface area contributed by atoms with Crippen LogP contribution in [0.5, 0.6) is 0 Å². The largest absolute Gasteiger partial charge is 0.456 e. The molecule has 0 spiro atoms. The zero-order valence-electron chi connectivity index (χ0n) is 24.3. The lowest BCUT2D eigenvalue weighted by atomic mass is 9.83. The molecule has 4 nitrogen and oxygen atoms in total. The summed E-state index contributed by atoms with van der Waals surface area (Å²) in [6.07, 6.45) is 15.4. The number of rotatable bonds is 4. The summed E-state index contributed by atoms with van der Waals surface area (Å²) in [7, 11) is 0. The third kappa shape index (κ3) is 4.34. The van der Waals surface area contributed by atoms with Crippen LogP contribution in [0.25, 0.3) is 72.2 Å². The smallest absolute Gasteiger partial charge is 0.164 e. The lowest BCUT2D eigenvalue weighted by molar-refractivity contribution is 0.662. The van der Waals surface area contributed by atoms with Crippen molar-refractivity contribution in [3.05, 3.63) is 158 Å². The fraction of sp³-hybridized carbons (Fsp3) is 0.0488. The molecule has 9 rings (SSSR count). The van der Waals surface area contributed by atoms with Gasteiger partial charge >= 0.3 is 0 Å². The molecule has 4 heteroatoms. The average Bonchev–Trinajstić information content (AvgIpc) is 3.50. The Balaban J connectivity index is 1.25. The van der Waals surface area contributed by atoms with Crippen LogP contribution >= 0.6 is 0 Å². The first-order valence-electron chi connectivity index (χ1n) is 15.3. The molecule has 2 atom stereocenters. The standard InChI is InChI=1S/C41H27N3O/c1-2-12-27(13-3-1)39-42-40(29-22-21-26-11-4-5-14-28(26)25-29)44-41(43-39)34-24-23-32(30-15-6-7-16-31(30)34)33-18-10-20-37-38(33)35-17-8-9-19-36(35)45-37/h1-26,28H. The third-order valence-corrected chi connectivity index (χ3v) is 8.88. The number of fused-ring (bicyclic) bond motifs is 5. The van der Waals surface area contributed by atoms with Crippen molar-refractivity contribution in [3.8, 4) is 33.9 Å². The summed E-state index contributed by atoms with van der Waals surface area (Å²) in [4.78, 5) is 15.2. The molecule has 45 heavy (non-hydrogen) atoms. The van der Waals surface area contributed by atoms with E-state index in [-0.39, 0.29) is 5.92 Å². The SMILES string of the molecule is C1=CC2C=CC(c3nc(-c4ccccc4)nc(-c4ccc(-c5cccc6oc7ccccc7c56)c5ccccc45)n3)=CC2C=C1. The summed E-state index contributed by atoms with van der Waals surface area (Å²) in [6, 6.07) is 37.6. The molecule has 0 bridgehead atoms. The van der Waals surface area contributed by atoms with Gasteiger partial charge in [0.1, 0.15) is 11.2 Å². The van der Waals surface area contributed by atoms with Gasteiger partial charge in [-0.3, -0.25) is 0 Å². The van der Waals surface area contributed by atoms with Crippen molar-refractivity contribution >= 4 is 38.3 Å². The Morgan fingerprint density at radius 1 is 0.467 bits per heavy atom. The second-order valence-electron chi connectivity index (χ2n) is 11.6. The molecule has 0 N–H and O–H groups in total. The average molecular weight is 578 g/mol. The molecule has 0 saturated carbocycles. The van der Waals surface area contributed by atoms with Crippen molar-refractivity contribution in [2.24, 2.45) is 11.8 Å². The molecule has 2 heterocycles. The lowest BCUT2D eigenvalue weighted by Crippen LogP contribution is -2.12. The normalized spacial score (nSPS) is 17.2. The lowest BCUT2D eigenvalue weighted by Gasteiger charge is -2.23. The van der Waals surface area contributed by atoms with E-state index in [1.807, 2.05) is 36.4 Å². The highest BCUT2D eigenvalue weighted by molar-refractivity contribution is 6.16. The third-order valence-electron chi connectivity index (χ3n) is 8.88. The first kappa shape index (κ1) is 25.6. The summed E-state index contributed by atoms with van der Waals surface area (Å²) in [6.45, 7) is 0. The van der Waals surface area contributed by atoms with E-state index in [2.05, 4.69) is 115 Å². The van der Waals surface area contributed by atoms with E-state index in [1.54, 1.807) is 0 Å². The van der Waals surface area contributed by atoms with Gasteiger partial charge in [-0.25, -0.2) is 15.0 Å². The quantitative estimate of drug-likeness (QED) is 0.209. The Hall–Kier alpha value is -5.87. The van der Waals surface area contributed by atoms with Gasteiger partial charge in [0.15, 0.2) is 17.5 Å². The van der Waals surface area contributed by atoms with Gasteiger partial charge < -0.3 is 4.42 Å². The van der Waals surface area contributed by atoms with E-state index in [0.717, 1.165) is 60.5 Å². The molecule has 0 amide bonds. The van der Waals surface area contributed by atoms with Crippen LogP contribution in [0, 0.1) is 11.8 Å². The topological polar surface area (TPSA) is 51.8 Å². The number of hydrogen-bond donors (Lipinski definition) is 0. The Kier molecular flexibility index (Phi) is 5.91. The van der Waals surface area contributed by atoms with Crippen LogP contribution in [-0.2, 0) is 0 Å². The number of para-hydroxylation sites is 1. The molecular formula is C41H27N3O. The van der Waals surface area contributed by atoms with Crippen LogP contribution in [-0.4, -0.2) is 15.0 Å². The summed E-state index contributed by atoms with van der Waals surface area (Å²) in [5, 5.41) is 4.46. The minimum Gasteiger partial charge on any atom is -0.456 e. The van der Waals surface area contributed by atoms with E-state index in [9.17, 15) is 0 Å². The van der Waals surface area contributed by atoms with Crippen LogP contribution in [0.1, 0.15) is 5.82 Å². The highest BCUT2D eigenvalue weighted by atomic mass is 16.3. The Morgan fingerprint density at radius 2 is 1.13 bits per heavy atom. The zero-order chi connectivity index (χ0) is 29.7. The van der Waals surface area contributed by atoms with E-state index >= 15 is 0 Å². The molecule has 212 valence electrons. The number of furan rings is 1. The molecule has 5 aromatic carbocycles. The highest BCUT2D eigenvalue weighted by Gasteiger charge is 2.22. The number of allylic oxidation sites excluding steroid dienone is 8. The van der Waals surface area contributed by atoms with Crippen molar-refractivity contribution in [1.82, 2.24) is 15.0 Å². The van der Waals surface area contributed by atoms with Gasteiger partial charge in [-0.2, -0.15) is 0 Å². The number of benzene rings is 5. The molecule has 7 aromatic rings. The summed E-state index contributed by atoms with van der Waals surface area (Å²) in [5.41, 5.74) is 7.00. The minimum absolute atomic E-state index is 0.289. The summed E-state index contributed by atoms with van der Waals surface area (Å²) < 4.78 is 6.23. The number of hydrogen-bond acceptors (Lipinski definition) is 4. The van der Waals surface area contributed by atoms with Gasteiger partial charge in [0.2, 0.25) is 0 Å². The van der Waals surface area contributed by atoms with Crippen molar-refractivity contribution in [1.29, 1.82) is 0 Å². The van der Waals surface area contributed by atoms with Crippen LogP contribution in [0.2, 0.25) is 0 Å². The maximum Gasteiger partial charge on any atom is 0.164 e. The van der Waals surface area contributed by atoms with Gasteiger partial charge in [0.05, 0.1) is 0 Å². The summed E-state index contributed by atoms with van der Waals surface area (Å²) in [5.74, 6) is 2.65. The molecule has 0 fully saturated rings. The second kappa shape index (κ2) is 10.4. The fourth-order valence-corrected chi connectivity index (χ4v) is 6.70. The van der Waals surface area contributed by atoms with E-state index in [4.69, 9.17) is 19.4 Å². The number of aromatic nitrogens is 3. The van der Waals surface area contributed by atoms with Gasteiger partial charge in [-0.05, 0) is 40.1 Å². The van der Waals surface area contributed by atoms with E-state index < -0.39 is 0 Å². The van der Waals surface area contributed by atoms with Crippen LogP contribution < -0.4 is 0 Å². The molecule has 0 aliphatic heterocycles. The molecular weight excluding hydrogens is 550 g/mol. The molecule has 2 aliphatic carbocycles. The molecule has 0 radical (unpaired) electrons. The van der Waals surface area contributed by atoms with Crippen molar-refractivity contribution in [2.45, 2.75) is 0 Å². The van der Waals surface area contributed by atoms with E-state index in [0.29, 0.717) is 23.4 Å². The number of nitrogens with zero attached hydrogens (tertiary/aromatic N) is 3. The van der Waals surface area contributed by atoms with E-state index in [1.165, 1.54) is 0 Å². The molecule has 2 aromatic heterocycles. The molecule has 2 unspecified atom stereocenters. The Labute approximate surface area is 260 Å². The maximum absolute atomic E-state index is 6.23. The van der Waals surface area contributed by atoms with Gasteiger partial charge in [-0.1, -0.05) is 134 Å². The van der Waals surface area contributed by atoms with Gasteiger partial charge in [-0.15, -0.1) is 0 Å². The molecule has 2 aliphatic rings. The first-order valence-corrected chi connectivity index (χ1v) is 15.3. The second-order valence-corrected chi connectivity index (χ2v) is 11.6. The Bertz CT molecular complexity index is 2390. The van der Waals surface area contributed by atoms with Crippen molar-refractivity contribution < 1.29 is 4.42 Å². The highest BCUT2D eigenvalue weighted by Crippen LogP contribution is 2.41. The monoisotopic (exact) mass is 577 g/mol. The zero-order valence-corrected chi connectivity index (χ0v) is 24.3. The van der Waals surface area contributed by atoms with Crippen molar-refractivity contribution in [2.75, 3.05) is 0 Å². The predicted molar refractivity (Wildman–Crippen MR) is 183 cm³/mol. The van der Waals surface area contributed by atoms with Crippen LogP contribution in [0.3, 0.4) is 0 Å². The minimum atomic E-state index is 0.289. The predicted octanol–water partition coefficient (Wildman–Crippen LogP) is 10.2. The molecule has 0 saturated heterocycles. The van der Waals surface area contributed by atoms with Gasteiger partial charge in [0, 0.05) is 39.3 Å². The van der Waals surface area contributed by atoms with Crippen molar-refractivity contribution in [3.63, 3.8) is 0 Å². The first-order chi connectivity index (χ1) is 22.3. The fourth-order valence-electron chi connectivity index (χ4n) is 6.70. The summed E-state index contributed by atoms with van der Waals surface area (Å²) >= 11 is 0. The Morgan fingerprint density at radius 3 is 2.00 bits per heavy atom.